The Balaban J connectivity index is 1.54. The van der Waals surface area contributed by atoms with Gasteiger partial charge in [0.2, 0.25) is 0 Å². The van der Waals surface area contributed by atoms with Crippen LogP contribution in [0.5, 0.6) is 0 Å². The molecule has 0 aromatic carbocycles. The van der Waals surface area contributed by atoms with Gasteiger partial charge in [0.1, 0.15) is 18.3 Å². The van der Waals surface area contributed by atoms with Gasteiger partial charge in [-0.25, -0.2) is 0 Å². The van der Waals surface area contributed by atoms with Crippen molar-refractivity contribution in [1.29, 1.82) is 0 Å². The summed E-state index contributed by atoms with van der Waals surface area (Å²) in [6.07, 6.45) is -7.73. The molecule has 0 spiro atoms. The number of hydrogen-bond acceptors (Lipinski definition) is 10. The third kappa shape index (κ3) is 5.45. The number of hydrogen-bond donors (Lipinski definition) is 4. The molecule has 3 saturated heterocycles. The van der Waals surface area contributed by atoms with Crippen molar-refractivity contribution in [3.8, 4) is 0 Å². The van der Waals surface area contributed by atoms with Crippen LogP contribution in [0.1, 0.15) is 40.0 Å². The van der Waals surface area contributed by atoms with Gasteiger partial charge < -0.3 is 48.8 Å². The molecule has 0 aromatic rings. The summed E-state index contributed by atoms with van der Waals surface area (Å²) in [5.41, 5.74) is 0. The van der Waals surface area contributed by atoms with Crippen molar-refractivity contribution in [2.45, 2.75) is 114 Å². The van der Waals surface area contributed by atoms with Crippen molar-refractivity contribution in [1.82, 2.24) is 0 Å². The van der Waals surface area contributed by atoms with Crippen LogP contribution in [0.4, 0.5) is 0 Å². The Morgan fingerprint density at radius 2 is 1.03 bits per heavy atom. The first-order chi connectivity index (χ1) is 13.7. The minimum absolute atomic E-state index is 0.0492. The third-order valence-electron chi connectivity index (χ3n) is 5.83. The van der Waals surface area contributed by atoms with E-state index in [0.717, 1.165) is 0 Å². The van der Waals surface area contributed by atoms with Crippen molar-refractivity contribution in [3.05, 3.63) is 0 Å². The molecule has 0 unspecified atom stereocenters. The van der Waals surface area contributed by atoms with Crippen LogP contribution >= 0.6 is 0 Å². The summed E-state index contributed by atoms with van der Waals surface area (Å²) in [4.78, 5) is 0. The summed E-state index contributed by atoms with van der Waals surface area (Å²) < 4.78 is 33.9. The molecule has 3 fully saturated rings. The standard InChI is InChI=1S/C19H34O10/c1-8-17(24-4)12(21)6-15(26-8)29-19-10(3)27-16(7-13(19)22)28-18-9(2)25-14(23)5-11(18)20/h8-23H,5-7H2,1-4H3/t8-,9-,10-,11+,12+,13+,14-,15+,16+,17-,18-,19-/m1/s1. The predicted molar refractivity (Wildman–Crippen MR) is 97.6 cm³/mol. The maximum atomic E-state index is 10.6. The first-order valence-electron chi connectivity index (χ1n) is 10.2. The molecule has 170 valence electrons. The van der Waals surface area contributed by atoms with Gasteiger partial charge in [-0.15, -0.1) is 0 Å². The van der Waals surface area contributed by atoms with Crippen molar-refractivity contribution in [2.24, 2.45) is 0 Å². The van der Waals surface area contributed by atoms with E-state index in [1.807, 2.05) is 0 Å². The van der Waals surface area contributed by atoms with Crippen LogP contribution in [0.25, 0.3) is 0 Å². The molecular formula is C19H34O10. The second-order valence-corrected chi connectivity index (χ2v) is 8.15. The molecule has 3 rings (SSSR count). The maximum absolute atomic E-state index is 10.6. The second-order valence-electron chi connectivity index (χ2n) is 8.15. The fourth-order valence-electron chi connectivity index (χ4n) is 4.34. The maximum Gasteiger partial charge on any atom is 0.161 e. The lowest BCUT2D eigenvalue weighted by Gasteiger charge is -2.44. The molecule has 0 bridgehead atoms. The lowest BCUT2D eigenvalue weighted by Crippen LogP contribution is -2.56. The minimum Gasteiger partial charge on any atom is -0.390 e. The van der Waals surface area contributed by atoms with E-state index in [0.29, 0.717) is 0 Å². The van der Waals surface area contributed by atoms with Crippen molar-refractivity contribution >= 4 is 0 Å². The van der Waals surface area contributed by atoms with Gasteiger partial charge in [0.15, 0.2) is 18.9 Å². The van der Waals surface area contributed by atoms with E-state index in [1.54, 1.807) is 20.8 Å². The van der Waals surface area contributed by atoms with E-state index in [9.17, 15) is 20.4 Å². The molecule has 3 aliphatic rings. The van der Waals surface area contributed by atoms with E-state index in [-0.39, 0.29) is 25.4 Å². The molecule has 29 heavy (non-hydrogen) atoms. The number of aliphatic hydroxyl groups is 4. The van der Waals surface area contributed by atoms with Gasteiger partial charge in [0.05, 0.1) is 36.6 Å². The fourth-order valence-corrected chi connectivity index (χ4v) is 4.34. The van der Waals surface area contributed by atoms with Crippen molar-refractivity contribution < 1.29 is 48.8 Å². The first-order valence-corrected chi connectivity index (χ1v) is 10.2. The van der Waals surface area contributed by atoms with Crippen LogP contribution < -0.4 is 0 Å². The smallest absolute Gasteiger partial charge is 0.161 e. The lowest BCUT2D eigenvalue weighted by molar-refractivity contribution is -0.332. The highest BCUT2D eigenvalue weighted by Gasteiger charge is 2.44. The highest BCUT2D eigenvalue weighted by atomic mass is 16.7. The Labute approximate surface area is 170 Å². The van der Waals surface area contributed by atoms with E-state index in [1.165, 1.54) is 7.11 Å². The van der Waals surface area contributed by atoms with E-state index >= 15 is 0 Å². The van der Waals surface area contributed by atoms with Crippen molar-refractivity contribution in [2.75, 3.05) is 7.11 Å². The molecule has 10 heteroatoms. The van der Waals surface area contributed by atoms with Crippen LogP contribution in [0.2, 0.25) is 0 Å². The average molecular weight is 422 g/mol. The lowest BCUT2D eigenvalue weighted by atomic mass is 9.99. The number of aliphatic hydroxyl groups excluding tert-OH is 4. The zero-order chi connectivity index (χ0) is 21.3. The van der Waals surface area contributed by atoms with Crippen LogP contribution in [0.15, 0.2) is 0 Å². The molecule has 0 aromatic heterocycles. The Morgan fingerprint density at radius 1 is 0.621 bits per heavy atom. The summed E-state index contributed by atoms with van der Waals surface area (Å²) in [6, 6.07) is 0. The Morgan fingerprint density at radius 3 is 1.45 bits per heavy atom. The van der Waals surface area contributed by atoms with Gasteiger partial charge in [-0.2, -0.15) is 0 Å². The summed E-state index contributed by atoms with van der Waals surface area (Å²) in [7, 11) is 1.52. The monoisotopic (exact) mass is 422 g/mol. The molecular weight excluding hydrogens is 388 g/mol. The van der Waals surface area contributed by atoms with Crippen LogP contribution in [-0.4, -0.2) is 101 Å². The summed E-state index contributed by atoms with van der Waals surface area (Å²) in [5, 5.41) is 40.6. The van der Waals surface area contributed by atoms with Crippen LogP contribution in [-0.2, 0) is 28.4 Å². The molecule has 0 aliphatic carbocycles. The van der Waals surface area contributed by atoms with E-state index < -0.39 is 67.7 Å². The number of methoxy groups -OCH3 is 1. The largest absolute Gasteiger partial charge is 0.390 e. The first kappa shape index (κ1) is 23.3. The van der Waals surface area contributed by atoms with Gasteiger partial charge >= 0.3 is 0 Å². The van der Waals surface area contributed by atoms with E-state index in [2.05, 4.69) is 0 Å². The zero-order valence-corrected chi connectivity index (χ0v) is 17.3. The van der Waals surface area contributed by atoms with Gasteiger partial charge in [0.25, 0.3) is 0 Å². The van der Waals surface area contributed by atoms with Crippen LogP contribution in [0, 0.1) is 0 Å². The SMILES string of the molecule is CO[C@H]1[C@@H](O)C[C@H](O[C@H]2[C@@H](O)C[C@H](O[C@H]3[C@@H](O)C[C@H](O)O[C@@H]3C)O[C@@H]2C)O[C@@H]1C. The summed E-state index contributed by atoms with van der Waals surface area (Å²) >= 11 is 0. The minimum atomic E-state index is -1.03. The van der Waals surface area contributed by atoms with E-state index in [4.69, 9.17) is 28.4 Å². The number of ether oxygens (including phenoxy) is 6. The van der Waals surface area contributed by atoms with Crippen LogP contribution in [0.3, 0.4) is 0 Å². The Bertz CT molecular complexity index is 485. The molecule has 3 aliphatic heterocycles. The molecule has 4 N–H and O–H groups in total. The Hall–Kier alpha value is -0.400. The fraction of sp³-hybridized carbons (Fsp3) is 1.00. The average Bonchev–Trinajstić information content (AvgIpc) is 2.61. The second kappa shape index (κ2) is 9.82. The third-order valence-corrected chi connectivity index (χ3v) is 5.83. The van der Waals surface area contributed by atoms with Crippen molar-refractivity contribution in [3.63, 3.8) is 0 Å². The summed E-state index contributed by atoms with van der Waals surface area (Å²) in [6.45, 7) is 5.25. The number of rotatable bonds is 5. The molecule has 12 atom stereocenters. The normalized spacial score (nSPS) is 51.7. The van der Waals surface area contributed by atoms with Gasteiger partial charge in [0, 0.05) is 26.4 Å². The van der Waals surface area contributed by atoms with Gasteiger partial charge in [-0.05, 0) is 20.8 Å². The quantitative estimate of drug-likeness (QED) is 0.448. The molecule has 0 radical (unpaired) electrons. The van der Waals surface area contributed by atoms with Gasteiger partial charge in [-0.1, -0.05) is 0 Å². The molecule has 3 heterocycles. The zero-order valence-electron chi connectivity index (χ0n) is 17.3. The van der Waals surface area contributed by atoms with Gasteiger partial charge in [-0.3, -0.25) is 0 Å². The highest BCUT2D eigenvalue weighted by molar-refractivity contribution is 4.87. The molecule has 10 nitrogen and oxygen atoms in total. The highest BCUT2D eigenvalue weighted by Crippen LogP contribution is 2.31. The Kier molecular flexibility index (Phi) is 7.88. The predicted octanol–water partition coefficient (Wildman–Crippen LogP) is -0.748. The summed E-state index contributed by atoms with van der Waals surface area (Å²) in [5.74, 6) is 0. The topological polar surface area (TPSA) is 136 Å². The molecule has 0 saturated carbocycles. The molecule has 0 amide bonds.